The first-order valence-electron chi connectivity index (χ1n) is 6.24. The lowest BCUT2D eigenvalue weighted by Gasteiger charge is -2.29. The Balaban J connectivity index is 2.32. The Morgan fingerprint density at radius 1 is 1.21 bits per heavy atom. The third-order valence-electron chi connectivity index (χ3n) is 3.44. The van der Waals surface area contributed by atoms with Crippen molar-refractivity contribution < 1.29 is 9.90 Å². The van der Waals surface area contributed by atoms with E-state index in [2.05, 4.69) is 15.5 Å². The summed E-state index contributed by atoms with van der Waals surface area (Å²) in [6, 6.07) is 0. The SMILES string of the molecule is O=C(O)C1(Nc2n[nH]c(=O)[nH]c2=O)CCCCCC1. The van der Waals surface area contributed by atoms with Crippen LogP contribution in [0.5, 0.6) is 0 Å². The van der Waals surface area contributed by atoms with E-state index in [0.29, 0.717) is 12.8 Å². The molecule has 1 heterocycles. The average molecular weight is 268 g/mol. The normalized spacial score (nSPS) is 18.5. The number of hydrogen-bond acceptors (Lipinski definition) is 5. The predicted octanol–water partition coefficient (Wildman–Crippen LogP) is 0.0477. The lowest BCUT2D eigenvalue weighted by Crippen LogP contribution is -2.48. The summed E-state index contributed by atoms with van der Waals surface area (Å²) in [4.78, 5) is 36.0. The maximum absolute atomic E-state index is 11.6. The zero-order valence-electron chi connectivity index (χ0n) is 10.4. The van der Waals surface area contributed by atoms with Crippen LogP contribution in [0.1, 0.15) is 38.5 Å². The number of aromatic nitrogens is 3. The number of aromatic amines is 2. The third-order valence-corrected chi connectivity index (χ3v) is 3.44. The van der Waals surface area contributed by atoms with E-state index >= 15 is 0 Å². The molecule has 0 spiro atoms. The Hall–Kier alpha value is -2.12. The number of hydrogen-bond donors (Lipinski definition) is 4. The number of carboxylic acid groups (broad SMARTS) is 1. The van der Waals surface area contributed by atoms with Gasteiger partial charge in [0.05, 0.1) is 0 Å². The Morgan fingerprint density at radius 2 is 1.84 bits per heavy atom. The van der Waals surface area contributed by atoms with Crippen molar-refractivity contribution in [2.75, 3.05) is 5.32 Å². The van der Waals surface area contributed by atoms with E-state index in [0.717, 1.165) is 25.7 Å². The van der Waals surface area contributed by atoms with Gasteiger partial charge in [0.25, 0.3) is 5.56 Å². The predicted molar refractivity (Wildman–Crippen MR) is 67.2 cm³/mol. The van der Waals surface area contributed by atoms with Crippen LogP contribution in [0.2, 0.25) is 0 Å². The summed E-state index contributed by atoms with van der Waals surface area (Å²) >= 11 is 0. The number of nitrogens with zero attached hydrogens (tertiary/aromatic N) is 1. The van der Waals surface area contributed by atoms with Gasteiger partial charge in [0, 0.05) is 0 Å². The molecule has 1 aliphatic rings. The van der Waals surface area contributed by atoms with Gasteiger partial charge in [-0.3, -0.25) is 9.78 Å². The second-order valence-corrected chi connectivity index (χ2v) is 4.78. The number of rotatable bonds is 3. The first-order valence-corrected chi connectivity index (χ1v) is 6.24. The summed E-state index contributed by atoms with van der Waals surface area (Å²) in [5.74, 6) is -1.16. The highest BCUT2D eigenvalue weighted by Gasteiger charge is 2.39. The number of aliphatic carboxylic acids is 1. The number of H-pyrrole nitrogens is 2. The molecule has 104 valence electrons. The molecule has 0 bridgehead atoms. The van der Waals surface area contributed by atoms with Crippen molar-refractivity contribution in [3.8, 4) is 0 Å². The van der Waals surface area contributed by atoms with Crippen molar-refractivity contribution in [1.82, 2.24) is 15.2 Å². The van der Waals surface area contributed by atoms with Crippen molar-refractivity contribution in [2.24, 2.45) is 0 Å². The second-order valence-electron chi connectivity index (χ2n) is 4.78. The first kappa shape index (κ1) is 13.3. The van der Waals surface area contributed by atoms with Gasteiger partial charge < -0.3 is 10.4 Å². The van der Waals surface area contributed by atoms with Gasteiger partial charge in [-0.2, -0.15) is 0 Å². The molecule has 0 aromatic carbocycles. The van der Waals surface area contributed by atoms with Gasteiger partial charge in [-0.1, -0.05) is 25.7 Å². The molecular formula is C11H16N4O4. The minimum absolute atomic E-state index is 0.163. The van der Waals surface area contributed by atoms with Crippen molar-refractivity contribution in [2.45, 2.75) is 44.1 Å². The topological polar surface area (TPSA) is 128 Å². The number of carbonyl (C=O) groups is 1. The quantitative estimate of drug-likeness (QED) is 0.573. The molecule has 1 aromatic heterocycles. The Labute approximate surface area is 108 Å². The third kappa shape index (κ3) is 2.83. The fourth-order valence-electron chi connectivity index (χ4n) is 2.38. The smallest absolute Gasteiger partial charge is 0.342 e. The van der Waals surface area contributed by atoms with Crippen LogP contribution in [-0.2, 0) is 4.79 Å². The van der Waals surface area contributed by atoms with Crippen LogP contribution in [0.4, 0.5) is 5.82 Å². The summed E-state index contributed by atoms with van der Waals surface area (Å²) in [5, 5.41) is 17.8. The highest BCUT2D eigenvalue weighted by Crippen LogP contribution is 2.29. The number of carboxylic acids is 1. The van der Waals surface area contributed by atoms with Gasteiger partial charge in [-0.05, 0) is 12.8 Å². The van der Waals surface area contributed by atoms with Crippen LogP contribution in [0.15, 0.2) is 9.59 Å². The van der Waals surface area contributed by atoms with Gasteiger partial charge in [0.1, 0.15) is 5.54 Å². The molecule has 1 saturated carbocycles. The zero-order valence-corrected chi connectivity index (χ0v) is 10.4. The molecule has 0 aliphatic heterocycles. The summed E-state index contributed by atoms with van der Waals surface area (Å²) < 4.78 is 0. The van der Waals surface area contributed by atoms with Gasteiger partial charge in [-0.15, -0.1) is 5.10 Å². The molecule has 4 N–H and O–H groups in total. The second kappa shape index (κ2) is 5.25. The van der Waals surface area contributed by atoms with Crippen LogP contribution < -0.4 is 16.6 Å². The molecule has 0 radical (unpaired) electrons. The standard InChI is InChI=1S/C11H16N4O4/c16-8-7(14-15-10(19)12-8)13-11(9(17)18)5-3-1-2-4-6-11/h1-6H2,(H,13,14)(H,17,18)(H2,12,15,16,19). The van der Waals surface area contributed by atoms with E-state index in [1.807, 2.05) is 4.98 Å². The number of nitrogens with one attached hydrogen (secondary N) is 3. The molecule has 8 nitrogen and oxygen atoms in total. The monoisotopic (exact) mass is 268 g/mol. The lowest BCUT2D eigenvalue weighted by atomic mass is 9.90. The molecule has 1 aliphatic carbocycles. The summed E-state index contributed by atoms with van der Waals surface area (Å²) in [5.41, 5.74) is -2.62. The first-order chi connectivity index (χ1) is 9.03. The van der Waals surface area contributed by atoms with Crippen molar-refractivity contribution in [1.29, 1.82) is 0 Å². The van der Waals surface area contributed by atoms with Crippen LogP contribution in [0, 0.1) is 0 Å². The van der Waals surface area contributed by atoms with Crippen LogP contribution in [-0.4, -0.2) is 31.8 Å². The Kier molecular flexibility index (Phi) is 3.68. The van der Waals surface area contributed by atoms with Crippen LogP contribution >= 0.6 is 0 Å². The fourth-order valence-corrected chi connectivity index (χ4v) is 2.38. The van der Waals surface area contributed by atoms with E-state index < -0.39 is 22.8 Å². The molecule has 0 amide bonds. The highest BCUT2D eigenvalue weighted by molar-refractivity contribution is 5.82. The average Bonchev–Trinajstić information content (AvgIpc) is 2.59. The Morgan fingerprint density at radius 3 is 2.37 bits per heavy atom. The van der Waals surface area contributed by atoms with Crippen molar-refractivity contribution in [3.63, 3.8) is 0 Å². The van der Waals surface area contributed by atoms with E-state index in [-0.39, 0.29) is 5.82 Å². The van der Waals surface area contributed by atoms with Crippen LogP contribution in [0.3, 0.4) is 0 Å². The van der Waals surface area contributed by atoms with Gasteiger partial charge in [0.2, 0.25) is 5.82 Å². The van der Waals surface area contributed by atoms with E-state index in [1.165, 1.54) is 0 Å². The fraction of sp³-hybridized carbons (Fsp3) is 0.636. The minimum atomic E-state index is -1.19. The maximum Gasteiger partial charge on any atom is 0.342 e. The molecule has 0 unspecified atom stereocenters. The van der Waals surface area contributed by atoms with Gasteiger partial charge in [0.15, 0.2) is 0 Å². The van der Waals surface area contributed by atoms with Crippen molar-refractivity contribution >= 4 is 11.8 Å². The summed E-state index contributed by atoms with van der Waals surface area (Å²) in [7, 11) is 0. The molecule has 1 fully saturated rings. The van der Waals surface area contributed by atoms with Crippen LogP contribution in [0.25, 0.3) is 0 Å². The summed E-state index contributed by atoms with van der Waals surface area (Å²) in [6.07, 6.45) is 4.38. The Bertz CT molecular complexity index is 569. The van der Waals surface area contributed by atoms with Gasteiger partial charge in [-0.25, -0.2) is 14.7 Å². The molecular weight excluding hydrogens is 252 g/mol. The summed E-state index contributed by atoms with van der Waals surface area (Å²) in [6.45, 7) is 0. The minimum Gasteiger partial charge on any atom is -0.480 e. The number of anilines is 1. The molecule has 0 atom stereocenters. The molecule has 0 saturated heterocycles. The molecule has 1 aromatic rings. The van der Waals surface area contributed by atoms with E-state index in [1.54, 1.807) is 0 Å². The van der Waals surface area contributed by atoms with Crippen molar-refractivity contribution in [3.05, 3.63) is 20.8 Å². The maximum atomic E-state index is 11.6. The lowest BCUT2D eigenvalue weighted by molar-refractivity contribution is -0.142. The van der Waals surface area contributed by atoms with E-state index in [9.17, 15) is 19.5 Å². The zero-order chi connectivity index (χ0) is 13.9. The van der Waals surface area contributed by atoms with E-state index in [4.69, 9.17) is 0 Å². The molecule has 8 heteroatoms. The largest absolute Gasteiger partial charge is 0.480 e. The highest BCUT2D eigenvalue weighted by atomic mass is 16.4. The van der Waals surface area contributed by atoms with Gasteiger partial charge >= 0.3 is 11.7 Å². The molecule has 2 rings (SSSR count). The molecule has 19 heavy (non-hydrogen) atoms.